The first-order valence-electron chi connectivity index (χ1n) is 13.0. The molecule has 0 saturated carbocycles. The minimum atomic E-state index is -0.191. The maximum Gasteiger partial charge on any atom is 0.254 e. The average Bonchev–Trinajstić information content (AvgIpc) is 3.39. The van der Waals surface area contributed by atoms with Crippen molar-refractivity contribution in [1.82, 2.24) is 14.7 Å². The molecular weight excluding hydrogens is 456 g/mol. The summed E-state index contributed by atoms with van der Waals surface area (Å²) < 4.78 is 5.87. The molecule has 3 aliphatic rings. The van der Waals surface area contributed by atoms with Gasteiger partial charge in [0.05, 0.1) is 6.61 Å². The summed E-state index contributed by atoms with van der Waals surface area (Å²) in [6, 6.07) is 14.4. The van der Waals surface area contributed by atoms with E-state index in [2.05, 4.69) is 4.90 Å². The van der Waals surface area contributed by atoms with Gasteiger partial charge in [0, 0.05) is 49.5 Å². The summed E-state index contributed by atoms with van der Waals surface area (Å²) in [5, 5.41) is 0. The van der Waals surface area contributed by atoms with Crippen LogP contribution in [0.3, 0.4) is 0 Å². The molecule has 0 atom stereocenters. The second kappa shape index (κ2) is 11.1. The predicted molar refractivity (Wildman–Crippen MR) is 137 cm³/mol. The summed E-state index contributed by atoms with van der Waals surface area (Å²) in [6.45, 7) is 6.67. The average molecular weight is 491 g/mol. The van der Waals surface area contributed by atoms with Crippen molar-refractivity contribution in [3.63, 3.8) is 0 Å². The molecule has 0 spiro atoms. The van der Waals surface area contributed by atoms with Crippen molar-refractivity contribution < 1.29 is 19.1 Å². The first kappa shape index (κ1) is 24.3. The van der Waals surface area contributed by atoms with E-state index in [1.807, 2.05) is 24.3 Å². The minimum Gasteiger partial charge on any atom is -0.494 e. The van der Waals surface area contributed by atoms with Gasteiger partial charge in [0.2, 0.25) is 5.91 Å². The lowest BCUT2D eigenvalue weighted by Gasteiger charge is -2.34. The summed E-state index contributed by atoms with van der Waals surface area (Å²) >= 11 is 0. The molecule has 2 aromatic rings. The highest BCUT2D eigenvalue weighted by Gasteiger charge is 2.29. The van der Waals surface area contributed by atoms with Gasteiger partial charge in [-0.1, -0.05) is 0 Å². The zero-order valence-electron chi connectivity index (χ0n) is 20.7. The normalized spacial score (nSPS) is 18.3. The molecule has 0 bridgehead atoms. The third kappa shape index (κ3) is 5.54. The van der Waals surface area contributed by atoms with Crippen LogP contribution in [0, 0.1) is 0 Å². The molecule has 0 aromatic heterocycles. The Morgan fingerprint density at radius 1 is 0.722 bits per heavy atom. The van der Waals surface area contributed by atoms with Gasteiger partial charge in [0.15, 0.2) is 0 Å². The van der Waals surface area contributed by atoms with Crippen LogP contribution in [0.2, 0.25) is 0 Å². The zero-order chi connectivity index (χ0) is 24.9. The van der Waals surface area contributed by atoms with Gasteiger partial charge in [-0.25, -0.2) is 0 Å². The number of rotatable bonds is 8. The first-order chi connectivity index (χ1) is 17.6. The summed E-state index contributed by atoms with van der Waals surface area (Å²) in [5.41, 5.74) is 1.89. The largest absolute Gasteiger partial charge is 0.494 e. The second-order valence-electron chi connectivity index (χ2n) is 9.74. The fourth-order valence-electron chi connectivity index (χ4n) is 4.97. The van der Waals surface area contributed by atoms with Gasteiger partial charge in [-0.15, -0.1) is 0 Å². The topological polar surface area (TPSA) is 73.4 Å². The molecule has 3 saturated heterocycles. The maximum atomic E-state index is 13.0. The fourth-order valence-corrected chi connectivity index (χ4v) is 4.97. The Labute approximate surface area is 212 Å². The molecule has 0 aliphatic carbocycles. The number of benzene rings is 2. The quantitative estimate of drug-likeness (QED) is 0.532. The third-order valence-corrected chi connectivity index (χ3v) is 7.26. The van der Waals surface area contributed by atoms with Crippen LogP contribution >= 0.6 is 0 Å². The number of nitrogens with zero attached hydrogens (tertiary/aromatic N) is 4. The Morgan fingerprint density at radius 2 is 1.36 bits per heavy atom. The predicted octanol–water partition coefficient (Wildman–Crippen LogP) is 2.89. The van der Waals surface area contributed by atoms with Crippen molar-refractivity contribution in [3.8, 4) is 5.75 Å². The number of hydrogen-bond donors (Lipinski definition) is 0. The molecule has 3 aliphatic heterocycles. The summed E-state index contributed by atoms with van der Waals surface area (Å²) in [4.78, 5) is 45.7. The summed E-state index contributed by atoms with van der Waals surface area (Å²) in [7, 11) is 0. The SMILES string of the molecule is O=C(c1ccc(C(=O)N2CCN(c3ccc(OCCCN4CCCC4)cc3)C(=O)C2)cc1)N1CCC1. The van der Waals surface area contributed by atoms with Crippen LogP contribution in [0.15, 0.2) is 48.5 Å². The van der Waals surface area contributed by atoms with E-state index in [0.29, 0.717) is 30.8 Å². The number of carbonyl (C=O) groups excluding carboxylic acids is 3. The maximum absolute atomic E-state index is 13.0. The molecule has 36 heavy (non-hydrogen) atoms. The van der Waals surface area contributed by atoms with Crippen LogP contribution in [0.4, 0.5) is 5.69 Å². The van der Waals surface area contributed by atoms with Crippen LogP contribution in [-0.2, 0) is 4.79 Å². The monoisotopic (exact) mass is 490 g/mol. The minimum absolute atomic E-state index is 0.00235. The molecule has 0 radical (unpaired) electrons. The molecule has 3 heterocycles. The Hall–Kier alpha value is -3.39. The van der Waals surface area contributed by atoms with E-state index >= 15 is 0 Å². The highest BCUT2D eigenvalue weighted by Crippen LogP contribution is 2.22. The number of hydrogen-bond acceptors (Lipinski definition) is 5. The Morgan fingerprint density at radius 3 is 1.94 bits per heavy atom. The lowest BCUT2D eigenvalue weighted by Crippen LogP contribution is -2.52. The van der Waals surface area contributed by atoms with Crippen LogP contribution in [0.5, 0.6) is 5.75 Å². The number of anilines is 1. The Balaban J connectivity index is 1.10. The summed E-state index contributed by atoms with van der Waals surface area (Å²) in [5.74, 6) is 0.502. The van der Waals surface area contributed by atoms with Crippen LogP contribution < -0.4 is 9.64 Å². The molecule has 5 rings (SSSR count). The van der Waals surface area contributed by atoms with Crippen LogP contribution in [0.25, 0.3) is 0 Å². The van der Waals surface area contributed by atoms with Crippen molar-refractivity contribution in [2.45, 2.75) is 25.7 Å². The van der Waals surface area contributed by atoms with E-state index in [9.17, 15) is 14.4 Å². The molecule has 3 amide bonds. The van der Waals surface area contributed by atoms with Crippen molar-refractivity contribution in [3.05, 3.63) is 59.7 Å². The van der Waals surface area contributed by atoms with Gasteiger partial charge in [-0.3, -0.25) is 14.4 Å². The summed E-state index contributed by atoms with van der Waals surface area (Å²) in [6.07, 6.45) is 4.66. The molecule has 3 fully saturated rings. The van der Waals surface area contributed by atoms with E-state index in [4.69, 9.17) is 4.74 Å². The number of piperazine rings is 1. The highest BCUT2D eigenvalue weighted by molar-refractivity contribution is 6.02. The lowest BCUT2D eigenvalue weighted by molar-refractivity contribution is -0.120. The van der Waals surface area contributed by atoms with Gasteiger partial charge in [0.25, 0.3) is 11.8 Å². The van der Waals surface area contributed by atoms with Gasteiger partial charge < -0.3 is 24.3 Å². The number of ether oxygens (including phenoxy) is 1. The lowest BCUT2D eigenvalue weighted by atomic mass is 10.1. The molecule has 0 unspecified atom stereocenters. The zero-order valence-corrected chi connectivity index (χ0v) is 20.7. The Kier molecular flexibility index (Phi) is 7.51. The molecule has 2 aromatic carbocycles. The van der Waals surface area contributed by atoms with E-state index in [-0.39, 0.29) is 24.3 Å². The molecule has 8 heteroatoms. The van der Waals surface area contributed by atoms with Crippen LogP contribution in [-0.4, -0.2) is 91.4 Å². The van der Waals surface area contributed by atoms with E-state index in [1.165, 1.54) is 25.9 Å². The van der Waals surface area contributed by atoms with Crippen molar-refractivity contribution in [1.29, 1.82) is 0 Å². The number of carbonyl (C=O) groups is 3. The van der Waals surface area contributed by atoms with Crippen molar-refractivity contribution >= 4 is 23.4 Å². The van der Waals surface area contributed by atoms with Gasteiger partial charge in [-0.05, 0) is 87.3 Å². The first-order valence-corrected chi connectivity index (χ1v) is 13.0. The van der Waals surface area contributed by atoms with Crippen molar-refractivity contribution in [2.75, 3.05) is 63.9 Å². The third-order valence-electron chi connectivity index (χ3n) is 7.26. The smallest absolute Gasteiger partial charge is 0.254 e. The molecular formula is C28H34N4O4. The van der Waals surface area contributed by atoms with Gasteiger partial charge in [-0.2, -0.15) is 0 Å². The second-order valence-corrected chi connectivity index (χ2v) is 9.74. The number of likely N-dealkylation sites (tertiary alicyclic amines) is 2. The van der Waals surface area contributed by atoms with E-state index in [1.54, 1.807) is 39.0 Å². The molecule has 8 nitrogen and oxygen atoms in total. The fraction of sp³-hybridized carbons (Fsp3) is 0.464. The highest BCUT2D eigenvalue weighted by atomic mass is 16.5. The molecule has 0 N–H and O–H groups in total. The van der Waals surface area contributed by atoms with E-state index < -0.39 is 0 Å². The standard InChI is InChI=1S/C28H34N4O4/c33-26-21-31(28(35)23-7-5-22(6-8-23)27(34)30-16-3-17-30)18-19-32(26)24-9-11-25(12-10-24)36-20-4-15-29-13-1-2-14-29/h5-12H,1-4,13-21H2. The van der Waals surface area contributed by atoms with E-state index in [0.717, 1.165) is 43.9 Å². The molecule has 190 valence electrons. The number of amides is 3. The van der Waals surface area contributed by atoms with Gasteiger partial charge in [0.1, 0.15) is 12.3 Å². The Bertz CT molecular complexity index is 1080. The van der Waals surface area contributed by atoms with Crippen molar-refractivity contribution in [2.24, 2.45) is 0 Å². The van der Waals surface area contributed by atoms with Gasteiger partial charge >= 0.3 is 0 Å². The van der Waals surface area contributed by atoms with Crippen LogP contribution in [0.1, 0.15) is 46.4 Å².